The van der Waals surface area contributed by atoms with Crippen LogP contribution in [0.3, 0.4) is 0 Å². The van der Waals surface area contributed by atoms with Gasteiger partial charge in [-0.05, 0) is 48.8 Å². The topological polar surface area (TPSA) is 66.0 Å². The number of hydrogen-bond acceptors (Lipinski definition) is 5. The summed E-state index contributed by atoms with van der Waals surface area (Å²) >= 11 is 0. The fourth-order valence-corrected chi connectivity index (χ4v) is 6.40. The molecule has 2 aromatic rings. The van der Waals surface area contributed by atoms with Crippen molar-refractivity contribution in [1.29, 1.82) is 0 Å². The maximum Gasteiger partial charge on any atom is 0.416 e. The molecule has 0 N–H and O–H groups in total. The number of piperidine rings is 1. The number of para-hydroxylation sites is 1. The van der Waals surface area contributed by atoms with Crippen molar-refractivity contribution in [3.63, 3.8) is 0 Å². The summed E-state index contributed by atoms with van der Waals surface area (Å²) in [5.74, 6) is 0.519. The quantitative estimate of drug-likeness (QED) is 0.697. The Balaban J connectivity index is 1.15. The van der Waals surface area contributed by atoms with Crippen molar-refractivity contribution < 1.29 is 14.3 Å². The predicted octanol–water partition coefficient (Wildman–Crippen LogP) is 3.83. The average Bonchev–Trinajstić information content (AvgIpc) is 3.01. The molecule has 2 saturated heterocycles. The molecule has 4 heterocycles. The van der Waals surface area contributed by atoms with Crippen molar-refractivity contribution in [2.24, 2.45) is 5.41 Å². The van der Waals surface area contributed by atoms with Crippen molar-refractivity contribution >= 4 is 17.7 Å². The van der Waals surface area contributed by atoms with Crippen LogP contribution in [0.25, 0.3) is 0 Å². The van der Waals surface area contributed by atoms with Crippen molar-refractivity contribution in [1.82, 2.24) is 14.8 Å². The Labute approximate surface area is 200 Å². The first-order chi connectivity index (χ1) is 16.4. The van der Waals surface area contributed by atoms with Gasteiger partial charge in [-0.15, -0.1) is 0 Å². The van der Waals surface area contributed by atoms with Crippen LogP contribution >= 0.6 is 0 Å². The third kappa shape index (κ3) is 3.40. The van der Waals surface area contributed by atoms with Gasteiger partial charge < -0.3 is 14.5 Å². The zero-order valence-corrected chi connectivity index (χ0v) is 19.9. The molecule has 0 unspecified atom stereocenters. The van der Waals surface area contributed by atoms with Crippen LogP contribution in [0.2, 0.25) is 0 Å². The van der Waals surface area contributed by atoms with Crippen molar-refractivity contribution in [3.8, 4) is 5.88 Å². The van der Waals surface area contributed by atoms with Gasteiger partial charge in [0.2, 0.25) is 11.8 Å². The standard InChI is InChI=1S/C27H32N4O3/c1-26(2)17-30(18-26)19-15-20(16-19)31-22-8-4-3-7-21(22)27(24(31)32)10-13-29(14-11-27)25(33)34-23-9-5-6-12-28-23/h3-9,12,19-20H,10-11,13-18H2,1-2H3. The Morgan fingerprint density at radius 1 is 1.00 bits per heavy atom. The number of likely N-dealkylation sites (tertiary alicyclic amines) is 2. The SMILES string of the molecule is CC1(C)CN(C2CC(N3C(=O)C4(CCN(C(=O)Oc5ccccn5)CC4)c4ccccc43)C2)C1. The fourth-order valence-electron chi connectivity index (χ4n) is 6.40. The zero-order chi connectivity index (χ0) is 23.5. The third-order valence-corrected chi connectivity index (χ3v) is 8.24. The Kier molecular flexibility index (Phi) is 4.96. The summed E-state index contributed by atoms with van der Waals surface area (Å²) in [4.78, 5) is 37.1. The van der Waals surface area contributed by atoms with Crippen molar-refractivity contribution in [3.05, 3.63) is 54.2 Å². The molecule has 1 aliphatic carbocycles. The molecular weight excluding hydrogens is 428 g/mol. The van der Waals surface area contributed by atoms with Crippen LogP contribution in [-0.4, -0.2) is 65.0 Å². The van der Waals surface area contributed by atoms with Crippen molar-refractivity contribution in [2.45, 2.75) is 57.0 Å². The zero-order valence-electron chi connectivity index (χ0n) is 19.9. The molecule has 1 spiro atoms. The monoisotopic (exact) mass is 460 g/mol. The van der Waals surface area contributed by atoms with E-state index in [0.717, 1.165) is 37.2 Å². The van der Waals surface area contributed by atoms with Gasteiger partial charge in [0.1, 0.15) is 0 Å². The minimum atomic E-state index is -0.539. The predicted molar refractivity (Wildman–Crippen MR) is 129 cm³/mol. The lowest BCUT2D eigenvalue weighted by atomic mass is 9.73. The summed E-state index contributed by atoms with van der Waals surface area (Å²) < 4.78 is 5.43. The van der Waals surface area contributed by atoms with Gasteiger partial charge in [0.25, 0.3) is 0 Å². The Morgan fingerprint density at radius 3 is 2.38 bits per heavy atom. The molecule has 7 heteroatoms. The summed E-state index contributed by atoms with van der Waals surface area (Å²) in [6, 6.07) is 14.4. The van der Waals surface area contributed by atoms with E-state index < -0.39 is 11.5 Å². The second-order valence-corrected chi connectivity index (χ2v) is 11.1. The van der Waals surface area contributed by atoms with Crippen LogP contribution < -0.4 is 9.64 Å². The van der Waals surface area contributed by atoms with Gasteiger partial charge in [-0.2, -0.15) is 0 Å². The van der Waals surface area contributed by atoms with Crippen LogP contribution in [0, 0.1) is 5.41 Å². The van der Waals surface area contributed by atoms with E-state index in [-0.39, 0.29) is 11.9 Å². The Bertz CT molecular complexity index is 1100. The number of amides is 2. The number of benzene rings is 1. The molecule has 178 valence electrons. The minimum absolute atomic E-state index is 0.221. The third-order valence-electron chi connectivity index (χ3n) is 8.24. The normalized spacial score (nSPS) is 27.2. The molecule has 4 aliphatic rings. The van der Waals surface area contributed by atoms with Gasteiger partial charge in [-0.25, -0.2) is 9.78 Å². The molecule has 34 heavy (non-hydrogen) atoms. The van der Waals surface area contributed by atoms with E-state index in [2.05, 4.69) is 40.8 Å². The highest BCUT2D eigenvalue weighted by atomic mass is 16.6. The first-order valence-electron chi connectivity index (χ1n) is 12.4. The molecule has 0 radical (unpaired) electrons. The number of fused-ring (bicyclic) bond motifs is 2. The highest BCUT2D eigenvalue weighted by Crippen LogP contribution is 2.51. The lowest BCUT2D eigenvalue weighted by Gasteiger charge is -2.55. The van der Waals surface area contributed by atoms with Gasteiger partial charge >= 0.3 is 6.09 Å². The van der Waals surface area contributed by atoms with Crippen LogP contribution in [0.1, 0.15) is 45.1 Å². The summed E-state index contributed by atoms with van der Waals surface area (Å²) in [5.41, 5.74) is 2.09. The summed E-state index contributed by atoms with van der Waals surface area (Å²) in [5, 5.41) is 0. The maximum atomic E-state index is 14.0. The molecule has 1 aromatic heterocycles. The first kappa shape index (κ1) is 21.6. The maximum absolute atomic E-state index is 14.0. The number of ether oxygens (including phenoxy) is 1. The molecule has 2 amide bonds. The van der Waals surface area contributed by atoms with Gasteiger partial charge in [0.15, 0.2) is 0 Å². The molecular formula is C27H32N4O3. The van der Waals surface area contributed by atoms with E-state index in [1.165, 1.54) is 0 Å². The first-order valence-corrected chi connectivity index (χ1v) is 12.4. The van der Waals surface area contributed by atoms with E-state index in [0.29, 0.717) is 43.3 Å². The highest BCUT2D eigenvalue weighted by Gasteiger charge is 2.56. The van der Waals surface area contributed by atoms with Crippen LogP contribution in [0.5, 0.6) is 5.88 Å². The number of nitrogens with zero attached hydrogens (tertiary/aromatic N) is 4. The largest absolute Gasteiger partial charge is 0.416 e. The van der Waals surface area contributed by atoms with Crippen LogP contribution in [-0.2, 0) is 10.2 Å². The molecule has 6 rings (SSSR count). The molecule has 3 aliphatic heterocycles. The van der Waals surface area contributed by atoms with E-state index in [4.69, 9.17) is 4.74 Å². The number of anilines is 1. The summed E-state index contributed by atoms with van der Waals surface area (Å²) in [6.45, 7) is 7.95. The molecule has 0 atom stereocenters. The lowest BCUT2D eigenvalue weighted by Crippen LogP contribution is -2.64. The number of carbonyl (C=O) groups is 2. The van der Waals surface area contributed by atoms with Crippen molar-refractivity contribution in [2.75, 3.05) is 31.1 Å². The molecule has 3 fully saturated rings. The average molecular weight is 461 g/mol. The number of hydrogen-bond donors (Lipinski definition) is 0. The molecule has 1 saturated carbocycles. The summed E-state index contributed by atoms with van der Waals surface area (Å²) in [6.07, 6.45) is 4.54. The van der Waals surface area contributed by atoms with Gasteiger partial charge in [0.05, 0.1) is 5.41 Å². The van der Waals surface area contributed by atoms with Crippen LogP contribution in [0.4, 0.5) is 10.5 Å². The number of pyridine rings is 1. The highest BCUT2D eigenvalue weighted by molar-refractivity contribution is 6.09. The second-order valence-electron chi connectivity index (χ2n) is 11.1. The lowest BCUT2D eigenvalue weighted by molar-refractivity contribution is -0.126. The van der Waals surface area contributed by atoms with E-state index in [9.17, 15) is 9.59 Å². The second kappa shape index (κ2) is 7.80. The number of carbonyl (C=O) groups excluding carboxylic acids is 2. The van der Waals surface area contributed by atoms with E-state index in [1.807, 2.05) is 12.1 Å². The van der Waals surface area contributed by atoms with Gasteiger partial charge in [0, 0.05) is 56.2 Å². The minimum Gasteiger partial charge on any atom is -0.391 e. The molecule has 7 nitrogen and oxygen atoms in total. The van der Waals surface area contributed by atoms with Gasteiger partial charge in [-0.3, -0.25) is 9.69 Å². The number of rotatable bonds is 3. The van der Waals surface area contributed by atoms with E-state index >= 15 is 0 Å². The fraction of sp³-hybridized carbons (Fsp3) is 0.519. The molecule has 0 bridgehead atoms. The van der Waals surface area contributed by atoms with E-state index in [1.54, 1.807) is 29.3 Å². The Morgan fingerprint density at radius 2 is 1.71 bits per heavy atom. The van der Waals surface area contributed by atoms with Gasteiger partial charge in [-0.1, -0.05) is 38.1 Å². The molecule has 1 aromatic carbocycles. The smallest absolute Gasteiger partial charge is 0.391 e. The Hall–Kier alpha value is -2.93. The summed E-state index contributed by atoms with van der Waals surface area (Å²) in [7, 11) is 0. The number of aromatic nitrogens is 1. The van der Waals surface area contributed by atoms with Crippen LogP contribution in [0.15, 0.2) is 48.7 Å².